The lowest BCUT2D eigenvalue weighted by molar-refractivity contribution is -0.139. The van der Waals surface area contributed by atoms with Crippen molar-refractivity contribution in [2.75, 3.05) is 13.7 Å². The molecular formula is C26H31NO6. The molecule has 0 spiro atoms. The van der Waals surface area contributed by atoms with Crippen LogP contribution in [0.4, 0.5) is 0 Å². The minimum absolute atomic E-state index is 0.0492. The molecule has 7 heteroatoms. The Morgan fingerprint density at radius 2 is 1.52 bits per heavy atom. The molecule has 33 heavy (non-hydrogen) atoms. The molecule has 1 aromatic carbocycles. The topological polar surface area (TPSA) is 102 Å². The van der Waals surface area contributed by atoms with Crippen LogP contribution in [-0.4, -0.2) is 36.4 Å². The van der Waals surface area contributed by atoms with Crippen LogP contribution in [0.5, 0.6) is 11.5 Å². The molecule has 3 aliphatic rings. The average Bonchev–Trinajstić information content (AvgIpc) is 2.68. The largest absolute Gasteiger partial charge is 0.493 e. The van der Waals surface area contributed by atoms with Gasteiger partial charge in [-0.25, -0.2) is 4.79 Å². The van der Waals surface area contributed by atoms with Crippen molar-refractivity contribution in [1.82, 2.24) is 5.32 Å². The second-order valence-corrected chi connectivity index (χ2v) is 10.8. The van der Waals surface area contributed by atoms with Crippen LogP contribution in [-0.2, 0) is 14.4 Å². The van der Waals surface area contributed by atoms with E-state index in [0.29, 0.717) is 35.5 Å². The number of ether oxygens (including phenoxy) is 2. The maximum atomic E-state index is 13.4. The van der Waals surface area contributed by atoms with Crippen molar-refractivity contribution in [2.24, 2.45) is 10.8 Å². The molecule has 0 radical (unpaired) electrons. The minimum atomic E-state index is -1.09. The first-order chi connectivity index (χ1) is 15.4. The quantitative estimate of drug-likeness (QED) is 0.691. The highest BCUT2D eigenvalue weighted by molar-refractivity contribution is 6.06. The molecule has 0 fully saturated rings. The summed E-state index contributed by atoms with van der Waals surface area (Å²) in [6, 6.07) is 5.20. The van der Waals surface area contributed by atoms with Gasteiger partial charge in [0.05, 0.1) is 7.11 Å². The van der Waals surface area contributed by atoms with Crippen LogP contribution < -0.4 is 14.8 Å². The molecule has 7 nitrogen and oxygen atoms in total. The molecule has 0 saturated heterocycles. The van der Waals surface area contributed by atoms with Crippen LogP contribution in [0.1, 0.15) is 64.9 Å². The second kappa shape index (κ2) is 8.04. The lowest BCUT2D eigenvalue weighted by Gasteiger charge is -2.44. The van der Waals surface area contributed by atoms with Crippen molar-refractivity contribution in [1.29, 1.82) is 0 Å². The normalized spacial score (nSPS) is 21.8. The van der Waals surface area contributed by atoms with Crippen molar-refractivity contribution >= 4 is 17.5 Å². The molecule has 0 bridgehead atoms. The predicted octanol–water partition coefficient (Wildman–Crippen LogP) is 4.13. The number of carbonyl (C=O) groups is 3. The summed E-state index contributed by atoms with van der Waals surface area (Å²) in [6.45, 7) is 7.85. The first kappa shape index (κ1) is 23.1. The Hall–Kier alpha value is -3.09. The Morgan fingerprint density at radius 3 is 2.00 bits per heavy atom. The zero-order chi connectivity index (χ0) is 24.1. The second-order valence-electron chi connectivity index (χ2n) is 10.8. The van der Waals surface area contributed by atoms with Gasteiger partial charge in [0.15, 0.2) is 29.7 Å². The molecule has 1 aromatic rings. The number of benzene rings is 1. The van der Waals surface area contributed by atoms with Gasteiger partial charge in [0.25, 0.3) is 0 Å². The van der Waals surface area contributed by atoms with Crippen molar-refractivity contribution in [3.05, 3.63) is 46.3 Å². The molecule has 2 aliphatic carbocycles. The van der Waals surface area contributed by atoms with E-state index in [1.54, 1.807) is 18.2 Å². The fourth-order valence-corrected chi connectivity index (χ4v) is 5.34. The Kier molecular flexibility index (Phi) is 5.63. The van der Waals surface area contributed by atoms with Gasteiger partial charge >= 0.3 is 5.97 Å². The summed E-state index contributed by atoms with van der Waals surface area (Å²) in [7, 11) is 1.48. The first-order valence-electron chi connectivity index (χ1n) is 11.2. The summed E-state index contributed by atoms with van der Waals surface area (Å²) in [5, 5.41) is 12.4. The maximum absolute atomic E-state index is 13.4. The fraction of sp³-hybridized carbons (Fsp3) is 0.500. The number of carbonyl (C=O) groups excluding carboxylic acids is 2. The highest BCUT2D eigenvalue weighted by Gasteiger charge is 2.46. The number of dihydropyridines is 1. The molecular weight excluding hydrogens is 422 g/mol. The van der Waals surface area contributed by atoms with Crippen LogP contribution in [0.3, 0.4) is 0 Å². The van der Waals surface area contributed by atoms with E-state index < -0.39 is 18.5 Å². The fourth-order valence-electron chi connectivity index (χ4n) is 5.34. The van der Waals surface area contributed by atoms with E-state index in [-0.39, 0.29) is 22.4 Å². The first-order valence-corrected chi connectivity index (χ1v) is 11.2. The monoisotopic (exact) mass is 453 g/mol. The number of carboxylic acid groups (broad SMARTS) is 1. The number of ketones is 2. The van der Waals surface area contributed by atoms with Crippen LogP contribution in [0.2, 0.25) is 0 Å². The van der Waals surface area contributed by atoms with Crippen molar-refractivity contribution in [3.63, 3.8) is 0 Å². The number of carboxylic acids is 1. The van der Waals surface area contributed by atoms with Gasteiger partial charge in [-0.3, -0.25) is 9.59 Å². The number of hydrogen-bond acceptors (Lipinski definition) is 6. The number of nitrogens with one attached hydrogen (secondary N) is 1. The van der Waals surface area contributed by atoms with Crippen molar-refractivity contribution in [3.8, 4) is 11.5 Å². The highest BCUT2D eigenvalue weighted by Crippen LogP contribution is 2.51. The Bertz CT molecular complexity index is 1060. The predicted molar refractivity (Wildman–Crippen MR) is 122 cm³/mol. The number of hydrogen-bond donors (Lipinski definition) is 2. The van der Waals surface area contributed by atoms with E-state index >= 15 is 0 Å². The van der Waals surface area contributed by atoms with Gasteiger partial charge < -0.3 is 19.9 Å². The van der Waals surface area contributed by atoms with E-state index in [0.717, 1.165) is 29.8 Å². The SMILES string of the molecule is COc1cc(C2C3=C(CC(C)(C)CC3=O)NC3=C2C(=O)CC(C)(C)C3)ccc1OCC(=O)O. The number of methoxy groups -OCH3 is 1. The summed E-state index contributed by atoms with van der Waals surface area (Å²) in [6.07, 6.45) is 2.30. The van der Waals surface area contributed by atoms with Gasteiger partial charge in [-0.2, -0.15) is 0 Å². The summed E-state index contributed by atoms with van der Waals surface area (Å²) in [4.78, 5) is 37.7. The lowest BCUT2D eigenvalue weighted by atomic mass is 9.64. The third-order valence-electron chi connectivity index (χ3n) is 6.59. The number of Topliss-reactive ketones (excluding diaryl/α,β-unsaturated/α-hetero) is 2. The van der Waals surface area contributed by atoms with E-state index in [1.807, 2.05) is 0 Å². The third-order valence-corrected chi connectivity index (χ3v) is 6.59. The number of aliphatic carboxylic acids is 1. The summed E-state index contributed by atoms with van der Waals surface area (Å²) in [5.41, 5.74) is 3.55. The van der Waals surface area contributed by atoms with E-state index in [2.05, 4.69) is 33.0 Å². The summed E-state index contributed by atoms with van der Waals surface area (Å²) < 4.78 is 10.8. The minimum Gasteiger partial charge on any atom is -0.493 e. The third kappa shape index (κ3) is 4.41. The average molecular weight is 454 g/mol. The maximum Gasteiger partial charge on any atom is 0.341 e. The van der Waals surface area contributed by atoms with Gasteiger partial charge in [-0.15, -0.1) is 0 Å². The van der Waals surface area contributed by atoms with Crippen LogP contribution in [0.15, 0.2) is 40.7 Å². The smallest absolute Gasteiger partial charge is 0.341 e. The molecule has 2 N–H and O–H groups in total. The van der Waals surface area contributed by atoms with Gasteiger partial charge in [0.2, 0.25) is 0 Å². The molecule has 176 valence electrons. The van der Waals surface area contributed by atoms with Crippen molar-refractivity contribution < 1.29 is 29.0 Å². The Labute approximate surface area is 193 Å². The Balaban J connectivity index is 1.85. The van der Waals surface area contributed by atoms with Crippen molar-refractivity contribution in [2.45, 2.75) is 59.3 Å². The van der Waals surface area contributed by atoms with E-state index in [1.165, 1.54) is 7.11 Å². The molecule has 0 atom stereocenters. The molecule has 1 aliphatic heterocycles. The summed E-state index contributed by atoms with van der Waals surface area (Å²) in [5.74, 6) is -0.807. The zero-order valence-corrected chi connectivity index (χ0v) is 19.8. The standard InChI is InChI=1S/C26H31NO6/c1-25(2)9-15-23(17(28)11-25)22(24-16(27-15)10-26(3,4)12-18(24)29)14-6-7-19(20(8-14)32-5)33-13-21(30)31/h6-8,22,27H,9-13H2,1-5H3,(H,30,31). The zero-order valence-electron chi connectivity index (χ0n) is 19.8. The molecule has 0 saturated carbocycles. The van der Waals surface area contributed by atoms with Crippen LogP contribution >= 0.6 is 0 Å². The van der Waals surface area contributed by atoms with Gasteiger partial charge in [0.1, 0.15) is 0 Å². The van der Waals surface area contributed by atoms with Crippen LogP contribution in [0.25, 0.3) is 0 Å². The van der Waals surface area contributed by atoms with Gasteiger partial charge in [-0.1, -0.05) is 33.8 Å². The molecule has 0 unspecified atom stereocenters. The highest BCUT2D eigenvalue weighted by atomic mass is 16.5. The number of rotatable bonds is 5. The molecule has 4 rings (SSSR count). The summed E-state index contributed by atoms with van der Waals surface area (Å²) >= 11 is 0. The molecule has 0 aromatic heterocycles. The lowest BCUT2D eigenvalue weighted by Crippen LogP contribution is -2.42. The van der Waals surface area contributed by atoms with Crippen LogP contribution in [0, 0.1) is 10.8 Å². The van der Waals surface area contributed by atoms with E-state index in [9.17, 15) is 14.4 Å². The molecule has 1 heterocycles. The van der Waals surface area contributed by atoms with Gasteiger partial charge in [0, 0.05) is 41.3 Å². The molecule has 0 amide bonds. The van der Waals surface area contributed by atoms with E-state index in [4.69, 9.17) is 14.6 Å². The number of allylic oxidation sites excluding steroid dienone is 4. The Morgan fingerprint density at radius 1 is 0.970 bits per heavy atom. The van der Waals surface area contributed by atoms with Gasteiger partial charge in [-0.05, 0) is 41.4 Å².